The van der Waals surface area contributed by atoms with Crippen LogP contribution < -0.4 is 4.74 Å². The van der Waals surface area contributed by atoms with Gasteiger partial charge in [-0.15, -0.1) is 0 Å². The van der Waals surface area contributed by atoms with Crippen molar-refractivity contribution in [1.82, 2.24) is 0 Å². The quantitative estimate of drug-likeness (QED) is 0.201. The third-order valence-electron chi connectivity index (χ3n) is 3.77. The number of hydrogen-bond acceptors (Lipinski definition) is 7. The second-order valence-corrected chi connectivity index (χ2v) is 5.80. The minimum Gasteiger partial charge on any atom is -0.423 e. The normalized spacial score (nSPS) is 10.6. The van der Waals surface area contributed by atoms with Crippen molar-refractivity contribution in [1.29, 1.82) is 0 Å². The number of rotatable bonds is 6. The maximum Gasteiger partial charge on any atom is 0.344 e. The molecule has 29 heavy (non-hydrogen) atoms. The molecule has 0 aromatic heterocycles. The van der Waals surface area contributed by atoms with Gasteiger partial charge in [0.05, 0.1) is 27.2 Å². The van der Waals surface area contributed by atoms with Crippen molar-refractivity contribution in [3.05, 3.63) is 104 Å². The fraction of sp³-hybridized carbons (Fsp3) is 0. The molecule has 0 spiro atoms. The van der Waals surface area contributed by atoms with Gasteiger partial charge in [-0.1, -0.05) is 18.2 Å². The Labute approximate surface area is 164 Å². The van der Waals surface area contributed by atoms with Gasteiger partial charge in [-0.2, -0.15) is 0 Å². The third-order valence-corrected chi connectivity index (χ3v) is 3.77. The van der Waals surface area contributed by atoms with E-state index in [9.17, 15) is 25.0 Å². The Hall–Kier alpha value is -4.40. The number of nitrogens with zero attached hydrogens (tertiary/aromatic N) is 3. The zero-order valence-corrected chi connectivity index (χ0v) is 14.8. The van der Waals surface area contributed by atoms with E-state index in [2.05, 4.69) is 4.99 Å². The highest BCUT2D eigenvalue weighted by Crippen LogP contribution is 2.24. The zero-order chi connectivity index (χ0) is 20.8. The molecule has 0 radical (unpaired) electrons. The van der Waals surface area contributed by atoms with Crippen molar-refractivity contribution in [2.24, 2.45) is 4.99 Å². The molecule has 0 saturated carbocycles. The SMILES string of the molecule is O=C(Oc1ccc(C=Nc2ccccc2)cc1)c1cc([N+](=O)[O-])cc([N+](=O)[O-])c1. The van der Waals surface area contributed by atoms with E-state index >= 15 is 0 Å². The molecule has 0 atom stereocenters. The number of non-ortho nitro benzene ring substituents is 2. The Bertz CT molecular complexity index is 1060. The van der Waals surface area contributed by atoms with Gasteiger partial charge in [0.1, 0.15) is 5.75 Å². The molecule has 0 aliphatic heterocycles. The molecule has 0 unspecified atom stereocenters. The number of nitro benzene ring substituents is 2. The second-order valence-electron chi connectivity index (χ2n) is 5.80. The molecule has 0 amide bonds. The average Bonchev–Trinajstić information content (AvgIpc) is 2.73. The second kappa shape index (κ2) is 8.53. The van der Waals surface area contributed by atoms with Crippen molar-refractivity contribution >= 4 is 29.2 Å². The number of ether oxygens (including phenoxy) is 1. The molecular formula is C20H13N3O6. The number of nitro groups is 2. The summed E-state index contributed by atoms with van der Waals surface area (Å²) in [7, 11) is 0. The Kier molecular flexibility index (Phi) is 5.69. The Balaban J connectivity index is 1.75. The summed E-state index contributed by atoms with van der Waals surface area (Å²) in [5.41, 5.74) is 0.118. The van der Waals surface area contributed by atoms with Gasteiger partial charge < -0.3 is 4.74 Å². The van der Waals surface area contributed by atoms with Gasteiger partial charge >= 0.3 is 5.97 Å². The van der Waals surface area contributed by atoms with Crippen LogP contribution in [0.2, 0.25) is 0 Å². The van der Waals surface area contributed by atoms with Crippen LogP contribution in [0.4, 0.5) is 17.1 Å². The van der Waals surface area contributed by atoms with Gasteiger partial charge in [0.25, 0.3) is 11.4 Å². The fourth-order valence-electron chi connectivity index (χ4n) is 2.37. The number of carbonyl (C=O) groups is 1. The lowest BCUT2D eigenvalue weighted by Crippen LogP contribution is -2.09. The predicted molar refractivity (Wildman–Crippen MR) is 105 cm³/mol. The Morgan fingerprint density at radius 1 is 0.862 bits per heavy atom. The standard InChI is InChI=1S/C20H13N3O6/c24-20(15-10-17(22(25)26)12-18(11-15)23(27)28)29-19-8-6-14(7-9-19)13-21-16-4-2-1-3-5-16/h1-13H. The third kappa shape index (κ3) is 5.07. The van der Waals surface area contributed by atoms with Crippen molar-refractivity contribution in [2.45, 2.75) is 0 Å². The number of carbonyl (C=O) groups excluding carboxylic acids is 1. The molecule has 0 aliphatic rings. The summed E-state index contributed by atoms with van der Waals surface area (Å²) in [4.78, 5) is 36.8. The molecule has 144 valence electrons. The summed E-state index contributed by atoms with van der Waals surface area (Å²) in [5, 5.41) is 21.9. The predicted octanol–water partition coefficient (Wildman–Crippen LogP) is 4.47. The summed E-state index contributed by atoms with van der Waals surface area (Å²) in [6, 6.07) is 18.3. The summed E-state index contributed by atoms with van der Waals surface area (Å²) in [6.07, 6.45) is 1.64. The van der Waals surface area contributed by atoms with E-state index < -0.39 is 27.2 Å². The van der Waals surface area contributed by atoms with Crippen molar-refractivity contribution in [3.8, 4) is 5.75 Å². The first-order valence-electron chi connectivity index (χ1n) is 8.27. The summed E-state index contributed by atoms with van der Waals surface area (Å²) >= 11 is 0. The lowest BCUT2D eigenvalue weighted by atomic mass is 10.1. The van der Waals surface area contributed by atoms with E-state index in [-0.39, 0.29) is 11.3 Å². The maximum atomic E-state index is 12.3. The molecule has 9 heteroatoms. The molecule has 0 aliphatic carbocycles. The van der Waals surface area contributed by atoms with E-state index in [0.29, 0.717) is 0 Å². The smallest absolute Gasteiger partial charge is 0.344 e. The van der Waals surface area contributed by atoms with Gasteiger partial charge in [0.15, 0.2) is 0 Å². The zero-order valence-electron chi connectivity index (χ0n) is 14.8. The molecule has 0 N–H and O–H groups in total. The van der Waals surface area contributed by atoms with Crippen LogP contribution in [-0.2, 0) is 0 Å². The maximum absolute atomic E-state index is 12.3. The molecule has 0 saturated heterocycles. The highest BCUT2D eigenvalue weighted by atomic mass is 16.6. The van der Waals surface area contributed by atoms with E-state index in [0.717, 1.165) is 29.4 Å². The first kappa shape index (κ1) is 19.4. The molecule has 3 aromatic rings. The Morgan fingerprint density at radius 2 is 1.45 bits per heavy atom. The van der Waals surface area contributed by atoms with Gasteiger partial charge in [-0.3, -0.25) is 25.2 Å². The van der Waals surface area contributed by atoms with Crippen LogP contribution in [0.5, 0.6) is 5.75 Å². The summed E-state index contributed by atoms with van der Waals surface area (Å²) in [6.45, 7) is 0. The van der Waals surface area contributed by atoms with Crippen LogP contribution in [0, 0.1) is 20.2 Å². The van der Waals surface area contributed by atoms with Crippen LogP contribution in [0.25, 0.3) is 0 Å². The average molecular weight is 391 g/mol. The fourth-order valence-corrected chi connectivity index (χ4v) is 2.37. The van der Waals surface area contributed by atoms with Crippen LogP contribution in [0.3, 0.4) is 0 Å². The monoisotopic (exact) mass is 391 g/mol. The first-order chi connectivity index (χ1) is 13.9. The lowest BCUT2D eigenvalue weighted by molar-refractivity contribution is -0.394. The molecule has 0 heterocycles. The van der Waals surface area contributed by atoms with E-state index in [1.165, 1.54) is 12.1 Å². The highest BCUT2D eigenvalue weighted by Gasteiger charge is 2.21. The highest BCUT2D eigenvalue weighted by molar-refractivity contribution is 5.92. The van der Waals surface area contributed by atoms with Gasteiger partial charge in [-0.05, 0) is 42.0 Å². The topological polar surface area (TPSA) is 125 Å². The van der Waals surface area contributed by atoms with Gasteiger partial charge in [-0.25, -0.2) is 4.79 Å². The molecule has 9 nitrogen and oxygen atoms in total. The first-order valence-corrected chi connectivity index (χ1v) is 8.27. The molecule has 0 fully saturated rings. The lowest BCUT2D eigenvalue weighted by Gasteiger charge is -2.05. The Morgan fingerprint density at radius 3 is 2.00 bits per heavy atom. The van der Waals surface area contributed by atoms with Crippen molar-refractivity contribution in [2.75, 3.05) is 0 Å². The minimum atomic E-state index is -0.942. The van der Waals surface area contributed by atoms with Crippen LogP contribution in [-0.4, -0.2) is 22.0 Å². The molecule has 3 rings (SSSR count). The molecule has 3 aromatic carbocycles. The number of esters is 1. The molecule has 0 bridgehead atoms. The largest absolute Gasteiger partial charge is 0.423 e. The number of aliphatic imine (C=N–C) groups is 1. The van der Waals surface area contributed by atoms with E-state index in [1.807, 2.05) is 30.3 Å². The van der Waals surface area contributed by atoms with Crippen molar-refractivity contribution in [3.63, 3.8) is 0 Å². The number of benzene rings is 3. The summed E-state index contributed by atoms with van der Waals surface area (Å²) in [5.74, 6) is -0.761. The summed E-state index contributed by atoms with van der Waals surface area (Å²) < 4.78 is 5.16. The van der Waals surface area contributed by atoms with Gasteiger partial charge in [0.2, 0.25) is 0 Å². The van der Waals surface area contributed by atoms with E-state index in [4.69, 9.17) is 4.74 Å². The van der Waals surface area contributed by atoms with Crippen molar-refractivity contribution < 1.29 is 19.4 Å². The van der Waals surface area contributed by atoms with E-state index in [1.54, 1.807) is 18.3 Å². The minimum absolute atomic E-state index is 0.182. The van der Waals surface area contributed by atoms with Crippen LogP contribution in [0.1, 0.15) is 15.9 Å². The molecular weight excluding hydrogens is 378 g/mol. The number of hydrogen-bond donors (Lipinski definition) is 0. The van der Waals surface area contributed by atoms with Crippen LogP contribution >= 0.6 is 0 Å². The number of para-hydroxylation sites is 1. The van der Waals surface area contributed by atoms with Gasteiger partial charge in [0, 0.05) is 18.3 Å². The van der Waals surface area contributed by atoms with Crippen LogP contribution in [0.15, 0.2) is 77.8 Å².